The van der Waals surface area contributed by atoms with Crippen LogP contribution in [-0.2, 0) is 28.6 Å². The molecule has 0 saturated carbocycles. The Morgan fingerprint density at radius 2 is 0.600 bits per heavy atom. The van der Waals surface area contributed by atoms with Crippen molar-refractivity contribution < 1.29 is 28.6 Å². The van der Waals surface area contributed by atoms with Gasteiger partial charge in [0, 0.05) is 19.3 Å². The lowest BCUT2D eigenvalue weighted by Crippen LogP contribution is -2.30. The number of hydrogen-bond acceptors (Lipinski definition) is 6. The second-order valence-electron chi connectivity index (χ2n) is 19.2. The van der Waals surface area contributed by atoms with Gasteiger partial charge in [-0.05, 0) is 51.4 Å². The Hall–Kier alpha value is -2.37. The van der Waals surface area contributed by atoms with E-state index in [0.717, 1.165) is 96.3 Å². The quantitative estimate of drug-likeness (QED) is 0.0262. The van der Waals surface area contributed by atoms with Crippen LogP contribution in [0, 0.1) is 0 Å². The molecule has 0 spiro atoms. The lowest BCUT2D eigenvalue weighted by atomic mass is 10.0. The first-order valence-corrected chi connectivity index (χ1v) is 28.5. The van der Waals surface area contributed by atoms with Gasteiger partial charge in [-0.1, -0.05) is 269 Å². The first-order chi connectivity index (χ1) is 32.0. The minimum atomic E-state index is -0.776. The molecule has 380 valence electrons. The van der Waals surface area contributed by atoms with Gasteiger partial charge < -0.3 is 14.2 Å². The van der Waals surface area contributed by atoms with Crippen LogP contribution in [-0.4, -0.2) is 37.2 Å². The maximum absolute atomic E-state index is 12.8. The zero-order valence-corrected chi connectivity index (χ0v) is 43.5. The highest BCUT2D eigenvalue weighted by Gasteiger charge is 2.19. The fourth-order valence-electron chi connectivity index (χ4n) is 8.40. The van der Waals surface area contributed by atoms with E-state index >= 15 is 0 Å². The molecule has 0 heterocycles. The van der Waals surface area contributed by atoms with E-state index in [-0.39, 0.29) is 31.1 Å². The van der Waals surface area contributed by atoms with Crippen molar-refractivity contribution in [2.45, 2.75) is 309 Å². The van der Waals surface area contributed by atoms with E-state index in [0.29, 0.717) is 19.3 Å². The molecule has 0 aromatic heterocycles. The van der Waals surface area contributed by atoms with Crippen molar-refractivity contribution >= 4 is 17.9 Å². The molecule has 0 bridgehead atoms. The number of allylic oxidation sites excluding steroid dienone is 6. The fourth-order valence-corrected chi connectivity index (χ4v) is 8.40. The fraction of sp³-hybridized carbons (Fsp3) is 0.847. The van der Waals surface area contributed by atoms with Crippen molar-refractivity contribution in [3.8, 4) is 0 Å². The molecule has 0 aliphatic heterocycles. The number of unbranched alkanes of at least 4 members (excludes halogenated alkanes) is 35. The SMILES string of the molecule is CC/C=C/C/C=C/C/C=C/CCCCCCCC(=O)O[C@H](COC(=O)CCCCCCCCCCCCCCC)COC(=O)CCCCCCCCCCCCCCCCCCCCC. The summed E-state index contributed by atoms with van der Waals surface area (Å²) >= 11 is 0. The predicted molar refractivity (Wildman–Crippen MR) is 279 cm³/mol. The number of carbonyl (C=O) groups is 3. The van der Waals surface area contributed by atoms with E-state index in [1.807, 2.05) is 0 Å². The first-order valence-electron chi connectivity index (χ1n) is 28.5. The van der Waals surface area contributed by atoms with Gasteiger partial charge in [-0.3, -0.25) is 14.4 Å². The van der Waals surface area contributed by atoms with Gasteiger partial charge in [0.1, 0.15) is 13.2 Å². The van der Waals surface area contributed by atoms with E-state index < -0.39 is 6.10 Å². The number of ether oxygens (including phenoxy) is 3. The molecule has 0 fully saturated rings. The minimum absolute atomic E-state index is 0.0745. The molecule has 0 aromatic rings. The molecule has 0 rings (SSSR count). The van der Waals surface area contributed by atoms with Crippen LogP contribution >= 0.6 is 0 Å². The minimum Gasteiger partial charge on any atom is -0.462 e. The molecular weight excluding hydrogens is 805 g/mol. The highest BCUT2D eigenvalue weighted by atomic mass is 16.6. The smallest absolute Gasteiger partial charge is 0.306 e. The summed E-state index contributed by atoms with van der Waals surface area (Å²) in [4.78, 5) is 38.1. The Bertz CT molecular complexity index is 1090. The van der Waals surface area contributed by atoms with Crippen LogP contribution in [0.5, 0.6) is 0 Å². The van der Waals surface area contributed by atoms with Gasteiger partial charge >= 0.3 is 17.9 Å². The van der Waals surface area contributed by atoms with Gasteiger partial charge in [-0.15, -0.1) is 0 Å². The molecule has 0 amide bonds. The normalized spacial score (nSPS) is 12.2. The van der Waals surface area contributed by atoms with Crippen LogP contribution < -0.4 is 0 Å². The first kappa shape index (κ1) is 62.6. The summed E-state index contributed by atoms with van der Waals surface area (Å²) in [6.45, 7) is 6.56. The molecule has 6 nitrogen and oxygen atoms in total. The lowest BCUT2D eigenvalue weighted by molar-refractivity contribution is -0.167. The Morgan fingerprint density at radius 3 is 0.938 bits per heavy atom. The summed E-state index contributed by atoms with van der Waals surface area (Å²) < 4.78 is 16.9. The van der Waals surface area contributed by atoms with Crippen molar-refractivity contribution in [2.24, 2.45) is 0 Å². The van der Waals surface area contributed by atoms with Gasteiger partial charge in [-0.2, -0.15) is 0 Å². The van der Waals surface area contributed by atoms with E-state index in [9.17, 15) is 14.4 Å². The summed E-state index contributed by atoms with van der Waals surface area (Å²) in [5.41, 5.74) is 0. The van der Waals surface area contributed by atoms with Crippen molar-refractivity contribution in [1.29, 1.82) is 0 Å². The zero-order valence-electron chi connectivity index (χ0n) is 43.5. The van der Waals surface area contributed by atoms with Crippen LogP contribution in [0.3, 0.4) is 0 Å². The van der Waals surface area contributed by atoms with E-state index in [4.69, 9.17) is 14.2 Å². The van der Waals surface area contributed by atoms with Gasteiger partial charge in [0.2, 0.25) is 0 Å². The third-order valence-corrected chi connectivity index (χ3v) is 12.7. The van der Waals surface area contributed by atoms with E-state index in [1.54, 1.807) is 0 Å². The average Bonchev–Trinajstić information content (AvgIpc) is 3.30. The monoisotopic (exact) mass is 913 g/mol. The number of hydrogen-bond donors (Lipinski definition) is 0. The standard InChI is InChI=1S/C59H108O6/c1-4-7-10-13-16-19-22-25-27-28-29-30-32-34-37-40-43-46-49-52-58(61)64-55-56(54-63-57(60)51-48-45-42-39-36-33-24-21-18-15-12-9-6-3)65-59(62)53-50-47-44-41-38-35-31-26-23-20-17-14-11-8-5-2/h8,11,17,20,26,31,56H,4-7,9-10,12-16,18-19,21-25,27-30,32-55H2,1-3H3/b11-8+,20-17+,31-26+/t56-/m1/s1. The summed E-state index contributed by atoms with van der Waals surface area (Å²) in [5.74, 6) is -0.873. The van der Waals surface area contributed by atoms with Gasteiger partial charge in [0.15, 0.2) is 6.10 Å². The van der Waals surface area contributed by atoms with Gasteiger partial charge in [0.05, 0.1) is 0 Å². The molecule has 6 heteroatoms. The summed E-state index contributed by atoms with van der Waals surface area (Å²) in [5, 5.41) is 0. The Morgan fingerprint density at radius 1 is 0.323 bits per heavy atom. The molecule has 0 aliphatic rings. The second kappa shape index (κ2) is 54.2. The third kappa shape index (κ3) is 52.5. The van der Waals surface area contributed by atoms with Crippen molar-refractivity contribution in [2.75, 3.05) is 13.2 Å². The van der Waals surface area contributed by atoms with E-state index in [2.05, 4.69) is 57.2 Å². The molecule has 65 heavy (non-hydrogen) atoms. The molecule has 0 radical (unpaired) electrons. The Balaban J connectivity index is 4.32. The maximum atomic E-state index is 12.8. The Labute approximate surface area is 404 Å². The molecule has 0 aromatic carbocycles. The number of rotatable bonds is 52. The second-order valence-corrected chi connectivity index (χ2v) is 19.2. The molecule has 0 N–H and O–H groups in total. The topological polar surface area (TPSA) is 78.9 Å². The highest BCUT2D eigenvalue weighted by molar-refractivity contribution is 5.71. The van der Waals surface area contributed by atoms with Crippen LogP contribution in [0.1, 0.15) is 303 Å². The van der Waals surface area contributed by atoms with Gasteiger partial charge in [0.25, 0.3) is 0 Å². The summed E-state index contributed by atoms with van der Waals surface area (Å²) in [6.07, 6.45) is 64.2. The van der Waals surface area contributed by atoms with Crippen LogP contribution in [0.25, 0.3) is 0 Å². The average molecular weight is 914 g/mol. The number of esters is 3. The summed E-state index contributed by atoms with van der Waals surface area (Å²) in [6, 6.07) is 0. The van der Waals surface area contributed by atoms with Crippen molar-refractivity contribution in [3.63, 3.8) is 0 Å². The molecule has 0 aliphatic carbocycles. The van der Waals surface area contributed by atoms with Gasteiger partial charge in [-0.25, -0.2) is 0 Å². The zero-order chi connectivity index (χ0) is 47.2. The molecule has 0 unspecified atom stereocenters. The third-order valence-electron chi connectivity index (χ3n) is 12.7. The molecule has 0 saturated heterocycles. The van der Waals surface area contributed by atoms with E-state index in [1.165, 1.54) is 167 Å². The maximum Gasteiger partial charge on any atom is 0.306 e. The number of carbonyl (C=O) groups excluding carboxylic acids is 3. The Kier molecular flexibility index (Phi) is 52.3. The van der Waals surface area contributed by atoms with Crippen LogP contribution in [0.4, 0.5) is 0 Å². The largest absolute Gasteiger partial charge is 0.462 e. The molecule has 1 atom stereocenters. The van der Waals surface area contributed by atoms with Crippen LogP contribution in [0.2, 0.25) is 0 Å². The summed E-state index contributed by atoms with van der Waals surface area (Å²) in [7, 11) is 0. The lowest BCUT2D eigenvalue weighted by Gasteiger charge is -2.18. The predicted octanol–water partition coefficient (Wildman–Crippen LogP) is 18.9. The van der Waals surface area contributed by atoms with Crippen LogP contribution in [0.15, 0.2) is 36.5 Å². The van der Waals surface area contributed by atoms with Crippen molar-refractivity contribution in [1.82, 2.24) is 0 Å². The van der Waals surface area contributed by atoms with Crippen molar-refractivity contribution in [3.05, 3.63) is 36.5 Å². The molecular formula is C59H108O6. The highest BCUT2D eigenvalue weighted by Crippen LogP contribution is 2.17.